The number of phosphoric acid groups is 1. The fourth-order valence-corrected chi connectivity index (χ4v) is 5.78. The summed E-state index contributed by atoms with van der Waals surface area (Å²) < 4.78 is 32.2. The summed E-state index contributed by atoms with van der Waals surface area (Å²) in [5.41, 5.74) is 0. The summed E-state index contributed by atoms with van der Waals surface area (Å²) in [6.07, 6.45) is 24.0. The van der Waals surface area contributed by atoms with Crippen LogP contribution in [0.3, 0.4) is 0 Å². The van der Waals surface area contributed by atoms with Crippen LogP contribution in [0.15, 0.2) is 0 Å². The maximum atomic E-state index is 12.2. The van der Waals surface area contributed by atoms with Gasteiger partial charge in [0.15, 0.2) is 0 Å². The summed E-state index contributed by atoms with van der Waals surface area (Å²) in [5, 5.41) is 19.0. The number of aliphatic hydroxyl groups is 2. The van der Waals surface area contributed by atoms with Crippen molar-refractivity contribution in [2.45, 2.75) is 180 Å². The second kappa shape index (κ2) is 31.6. The first kappa shape index (κ1) is 44.0. The van der Waals surface area contributed by atoms with Gasteiger partial charge in [-0.3, -0.25) is 18.6 Å². The number of carbonyl (C=O) groups is 2. The molecule has 0 saturated carbocycles. The van der Waals surface area contributed by atoms with E-state index in [-0.39, 0.29) is 12.8 Å². The highest BCUT2D eigenvalue weighted by atomic mass is 31.2. The van der Waals surface area contributed by atoms with Crippen molar-refractivity contribution < 1.29 is 47.8 Å². The lowest BCUT2D eigenvalue weighted by Crippen LogP contribution is -2.28. The Kier molecular flexibility index (Phi) is 30.8. The summed E-state index contributed by atoms with van der Waals surface area (Å²) in [4.78, 5) is 34.1. The van der Waals surface area contributed by atoms with E-state index in [1.807, 2.05) is 0 Å². The molecule has 0 rings (SSSR count). The van der Waals surface area contributed by atoms with Gasteiger partial charge in [0.1, 0.15) is 12.2 Å². The molecule has 0 amide bonds. The van der Waals surface area contributed by atoms with Gasteiger partial charge in [0.25, 0.3) is 0 Å². The lowest BCUT2D eigenvalue weighted by molar-refractivity contribution is -0.153. The van der Waals surface area contributed by atoms with Crippen LogP contribution in [0, 0.1) is 0 Å². The van der Waals surface area contributed by atoms with Gasteiger partial charge in [0.2, 0.25) is 0 Å². The molecule has 0 heterocycles. The van der Waals surface area contributed by atoms with E-state index in [9.17, 15) is 29.3 Å². The fraction of sp³-hybridized carbons (Fsp3) is 0.941. The van der Waals surface area contributed by atoms with Gasteiger partial charge >= 0.3 is 19.8 Å². The first-order valence-corrected chi connectivity index (χ1v) is 19.5. The van der Waals surface area contributed by atoms with Crippen LogP contribution in [0.5, 0.6) is 0 Å². The molecule has 0 aromatic carbocycles. The number of hydrogen-bond acceptors (Lipinski definition) is 9. The third-order valence-corrected chi connectivity index (χ3v) is 8.77. The number of rotatable bonds is 34. The maximum Gasteiger partial charge on any atom is 0.472 e. The molecule has 0 fully saturated rings. The average Bonchev–Trinajstić information content (AvgIpc) is 3.02. The average molecular weight is 667 g/mol. The molecule has 11 heteroatoms. The third kappa shape index (κ3) is 30.1. The van der Waals surface area contributed by atoms with Gasteiger partial charge in [-0.15, -0.1) is 0 Å². The molecule has 0 saturated heterocycles. The molecule has 0 aliphatic carbocycles. The third-order valence-electron chi connectivity index (χ3n) is 7.82. The largest absolute Gasteiger partial charge is 0.472 e. The van der Waals surface area contributed by atoms with Gasteiger partial charge in [-0.05, 0) is 12.8 Å². The first-order valence-electron chi connectivity index (χ1n) is 18.0. The zero-order valence-corrected chi connectivity index (χ0v) is 29.5. The molecule has 3 unspecified atom stereocenters. The molecular weight excluding hydrogens is 599 g/mol. The Balaban J connectivity index is 3.92. The normalized spacial score (nSPS) is 14.2. The minimum absolute atomic E-state index is 0.193. The number of aliphatic hydroxyl groups excluding tert-OH is 2. The van der Waals surface area contributed by atoms with E-state index < -0.39 is 58.4 Å². The first-order chi connectivity index (χ1) is 21.8. The molecule has 3 atom stereocenters. The number of ether oxygens (including phenoxy) is 2. The van der Waals surface area contributed by atoms with Crippen LogP contribution < -0.4 is 0 Å². The van der Waals surface area contributed by atoms with Crippen LogP contribution in [0.1, 0.15) is 168 Å². The number of hydrogen-bond donors (Lipinski definition) is 3. The van der Waals surface area contributed by atoms with Crippen LogP contribution in [-0.2, 0) is 32.7 Å². The second-order valence-corrected chi connectivity index (χ2v) is 13.7. The Labute approximate surface area is 273 Å². The fourth-order valence-electron chi connectivity index (χ4n) is 5.00. The predicted molar refractivity (Wildman–Crippen MR) is 178 cm³/mol. The van der Waals surface area contributed by atoms with E-state index in [0.717, 1.165) is 44.9 Å². The van der Waals surface area contributed by atoms with Crippen molar-refractivity contribution in [3.63, 3.8) is 0 Å². The smallest absolute Gasteiger partial charge is 0.457 e. The van der Waals surface area contributed by atoms with E-state index in [1.54, 1.807) is 0 Å². The molecule has 45 heavy (non-hydrogen) atoms. The summed E-state index contributed by atoms with van der Waals surface area (Å²) in [7, 11) is -4.61. The minimum Gasteiger partial charge on any atom is -0.457 e. The van der Waals surface area contributed by atoms with Gasteiger partial charge in [-0.25, -0.2) is 4.57 Å². The monoisotopic (exact) mass is 666 g/mol. The number of unbranched alkanes of at least 4 members (excludes halogenated alkanes) is 20. The summed E-state index contributed by atoms with van der Waals surface area (Å²) in [6, 6.07) is 0. The molecule has 0 aromatic rings. The molecule has 0 spiro atoms. The highest BCUT2D eigenvalue weighted by Gasteiger charge is 2.27. The SMILES string of the molecule is CCCCCCCCCCCCCCCCCCC(=O)OC(CO)COP(=O)(O)OCC(CO)OC(=O)CCCCCCCC. The highest BCUT2D eigenvalue weighted by molar-refractivity contribution is 7.47. The van der Waals surface area contributed by atoms with Crippen molar-refractivity contribution >= 4 is 19.8 Å². The highest BCUT2D eigenvalue weighted by Crippen LogP contribution is 2.43. The lowest BCUT2D eigenvalue weighted by Gasteiger charge is -2.20. The Morgan fingerprint density at radius 3 is 1.04 bits per heavy atom. The zero-order chi connectivity index (χ0) is 33.4. The molecule has 3 N–H and O–H groups in total. The molecule has 10 nitrogen and oxygen atoms in total. The van der Waals surface area contributed by atoms with Crippen molar-refractivity contribution in [1.29, 1.82) is 0 Å². The van der Waals surface area contributed by atoms with Gasteiger partial charge in [-0.1, -0.05) is 142 Å². The molecule has 0 bridgehead atoms. The van der Waals surface area contributed by atoms with Crippen molar-refractivity contribution in [3.8, 4) is 0 Å². The van der Waals surface area contributed by atoms with E-state index in [2.05, 4.69) is 13.8 Å². The zero-order valence-electron chi connectivity index (χ0n) is 28.6. The van der Waals surface area contributed by atoms with Crippen molar-refractivity contribution in [2.75, 3.05) is 26.4 Å². The number of phosphoric ester groups is 1. The van der Waals surface area contributed by atoms with Gasteiger partial charge in [0, 0.05) is 12.8 Å². The van der Waals surface area contributed by atoms with Crippen LogP contribution >= 0.6 is 7.82 Å². The second-order valence-electron chi connectivity index (χ2n) is 12.2. The van der Waals surface area contributed by atoms with Crippen molar-refractivity contribution in [3.05, 3.63) is 0 Å². The standard InChI is InChI=1S/C34H67O10P/c1-3-5-7-9-11-12-13-14-15-16-17-18-19-20-22-24-26-34(38)44-32(28-36)30-42-45(39,40)41-29-31(27-35)43-33(37)25-23-21-10-8-6-4-2/h31-32,35-36H,3-30H2,1-2H3,(H,39,40). The molecule has 268 valence electrons. The minimum atomic E-state index is -4.61. The summed E-state index contributed by atoms with van der Waals surface area (Å²) in [6.45, 7) is 2.13. The lowest BCUT2D eigenvalue weighted by atomic mass is 10.0. The van der Waals surface area contributed by atoms with E-state index in [4.69, 9.17) is 18.5 Å². The summed E-state index contributed by atoms with van der Waals surface area (Å²) >= 11 is 0. The van der Waals surface area contributed by atoms with Crippen LogP contribution in [-0.4, -0.2) is 65.7 Å². The topological polar surface area (TPSA) is 149 Å². The van der Waals surface area contributed by atoms with E-state index in [0.29, 0.717) is 12.8 Å². The quantitative estimate of drug-likeness (QED) is 0.0348. The Hall–Kier alpha value is -1.03. The Bertz CT molecular complexity index is 736. The number of esters is 2. The van der Waals surface area contributed by atoms with E-state index in [1.165, 1.54) is 83.5 Å². The molecular formula is C34H67O10P. The van der Waals surface area contributed by atoms with Crippen molar-refractivity contribution in [1.82, 2.24) is 0 Å². The molecule has 0 radical (unpaired) electrons. The summed E-state index contributed by atoms with van der Waals surface area (Å²) in [5.74, 6) is -1.02. The Morgan fingerprint density at radius 2 is 0.778 bits per heavy atom. The predicted octanol–water partition coefficient (Wildman–Crippen LogP) is 8.33. The molecule has 0 aromatic heterocycles. The molecule has 0 aliphatic heterocycles. The van der Waals surface area contributed by atoms with Crippen molar-refractivity contribution in [2.24, 2.45) is 0 Å². The number of carbonyl (C=O) groups excluding carboxylic acids is 2. The van der Waals surface area contributed by atoms with Gasteiger partial charge < -0.3 is 24.6 Å². The van der Waals surface area contributed by atoms with Crippen LogP contribution in [0.4, 0.5) is 0 Å². The molecule has 0 aliphatic rings. The Morgan fingerprint density at radius 1 is 0.511 bits per heavy atom. The van der Waals surface area contributed by atoms with E-state index >= 15 is 0 Å². The van der Waals surface area contributed by atoms with Crippen LogP contribution in [0.25, 0.3) is 0 Å². The van der Waals surface area contributed by atoms with Crippen LogP contribution in [0.2, 0.25) is 0 Å². The maximum absolute atomic E-state index is 12.2. The van der Waals surface area contributed by atoms with Gasteiger partial charge in [0.05, 0.1) is 26.4 Å². The van der Waals surface area contributed by atoms with Gasteiger partial charge in [-0.2, -0.15) is 0 Å².